The SMILES string of the molecule is CS(=O)(=O)c1ccc(C(=O)NCCCI)cc1. The second kappa shape index (κ2) is 6.34. The molecule has 0 atom stereocenters. The van der Waals surface area contributed by atoms with Crippen molar-refractivity contribution in [2.45, 2.75) is 11.3 Å². The lowest BCUT2D eigenvalue weighted by Gasteiger charge is -2.04. The number of carbonyl (C=O) groups excluding carboxylic acids is 1. The van der Waals surface area contributed by atoms with Crippen molar-refractivity contribution < 1.29 is 13.2 Å². The lowest BCUT2D eigenvalue weighted by Crippen LogP contribution is -2.24. The third-order valence-corrected chi connectivity index (χ3v) is 4.03. The van der Waals surface area contributed by atoms with Crippen LogP contribution in [0.15, 0.2) is 29.2 Å². The molecule has 17 heavy (non-hydrogen) atoms. The second-order valence-electron chi connectivity index (χ2n) is 3.59. The normalized spacial score (nSPS) is 11.2. The van der Waals surface area contributed by atoms with E-state index in [1.165, 1.54) is 24.3 Å². The predicted molar refractivity (Wildman–Crippen MR) is 75.4 cm³/mol. The second-order valence-corrected chi connectivity index (χ2v) is 6.69. The molecule has 1 amide bonds. The number of amides is 1. The number of hydrogen-bond donors (Lipinski definition) is 1. The first kappa shape index (κ1) is 14.4. The van der Waals surface area contributed by atoms with Crippen LogP contribution >= 0.6 is 22.6 Å². The summed E-state index contributed by atoms with van der Waals surface area (Å²) in [4.78, 5) is 11.8. The third kappa shape index (κ3) is 4.63. The van der Waals surface area contributed by atoms with Crippen molar-refractivity contribution in [3.63, 3.8) is 0 Å². The average Bonchev–Trinajstić information content (AvgIpc) is 2.28. The zero-order chi connectivity index (χ0) is 12.9. The molecule has 0 spiro atoms. The minimum Gasteiger partial charge on any atom is -0.352 e. The lowest BCUT2D eigenvalue weighted by atomic mass is 10.2. The first-order chi connectivity index (χ1) is 7.95. The Bertz CT molecular complexity index is 482. The van der Waals surface area contributed by atoms with Crippen molar-refractivity contribution in [3.8, 4) is 0 Å². The molecule has 0 saturated carbocycles. The summed E-state index contributed by atoms with van der Waals surface area (Å²) in [6.07, 6.45) is 2.07. The predicted octanol–water partition coefficient (Wildman–Crippen LogP) is 1.65. The molecule has 1 aromatic rings. The van der Waals surface area contributed by atoms with E-state index in [0.29, 0.717) is 12.1 Å². The smallest absolute Gasteiger partial charge is 0.251 e. The highest BCUT2D eigenvalue weighted by Crippen LogP contribution is 2.10. The minimum atomic E-state index is -3.20. The Morgan fingerprint density at radius 3 is 2.35 bits per heavy atom. The standard InChI is InChI=1S/C11H14INO3S/c1-17(15,16)10-5-3-9(4-6-10)11(14)13-8-2-7-12/h3-6H,2,7-8H2,1H3,(H,13,14). The van der Waals surface area contributed by atoms with Crippen molar-refractivity contribution >= 4 is 38.3 Å². The molecule has 1 N–H and O–H groups in total. The lowest BCUT2D eigenvalue weighted by molar-refractivity contribution is 0.0954. The van der Waals surface area contributed by atoms with Gasteiger partial charge in [-0.3, -0.25) is 4.79 Å². The summed E-state index contributed by atoms with van der Waals surface area (Å²) < 4.78 is 23.4. The van der Waals surface area contributed by atoms with Crippen molar-refractivity contribution in [3.05, 3.63) is 29.8 Å². The Labute approximate surface area is 115 Å². The number of halogens is 1. The summed E-state index contributed by atoms with van der Waals surface area (Å²) in [6.45, 7) is 0.635. The minimum absolute atomic E-state index is 0.171. The van der Waals surface area contributed by atoms with Crippen LogP contribution in [0.25, 0.3) is 0 Å². The van der Waals surface area contributed by atoms with E-state index in [1.54, 1.807) is 0 Å². The molecule has 0 unspecified atom stereocenters. The van der Waals surface area contributed by atoms with Gasteiger partial charge in [0.1, 0.15) is 0 Å². The molecule has 6 heteroatoms. The zero-order valence-corrected chi connectivity index (χ0v) is 12.4. The number of carbonyl (C=O) groups is 1. The number of alkyl halides is 1. The molecule has 0 aliphatic rings. The first-order valence-corrected chi connectivity index (χ1v) is 8.51. The van der Waals surface area contributed by atoms with E-state index in [9.17, 15) is 13.2 Å². The summed E-state index contributed by atoms with van der Waals surface area (Å²) in [6, 6.07) is 5.94. The van der Waals surface area contributed by atoms with Crippen LogP contribution in [0.5, 0.6) is 0 Å². The van der Waals surface area contributed by atoms with Gasteiger partial charge in [0.25, 0.3) is 5.91 Å². The van der Waals surface area contributed by atoms with Crippen LogP contribution < -0.4 is 5.32 Å². The van der Waals surface area contributed by atoms with Gasteiger partial charge >= 0.3 is 0 Å². The van der Waals surface area contributed by atoms with Crippen molar-refractivity contribution in [2.24, 2.45) is 0 Å². The summed E-state index contributed by atoms with van der Waals surface area (Å²) >= 11 is 2.24. The Morgan fingerprint density at radius 2 is 1.88 bits per heavy atom. The van der Waals surface area contributed by atoms with Gasteiger partial charge in [0.2, 0.25) is 0 Å². The summed E-state index contributed by atoms with van der Waals surface area (Å²) in [5.41, 5.74) is 0.478. The first-order valence-electron chi connectivity index (χ1n) is 5.09. The van der Waals surface area contributed by atoms with E-state index in [4.69, 9.17) is 0 Å². The highest BCUT2D eigenvalue weighted by Gasteiger charge is 2.09. The Morgan fingerprint density at radius 1 is 1.29 bits per heavy atom. The molecule has 1 rings (SSSR count). The molecule has 94 valence electrons. The molecule has 0 radical (unpaired) electrons. The molecular weight excluding hydrogens is 353 g/mol. The fourth-order valence-electron chi connectivity index (χ4n) is 1.22. The van der Waals surface area contributed by atoms with E-state index in [-0.39, 0.29) is 10.8 Å². The van der Waals surface area contributed by atoms with Gasteiger partial charge in [0, 0.05) is 22.8 Å². The molecule has 0 aromatic heterocycles. The molecule has 0 aliphatic carbocycles. The molecule has 0 fully saturated rings. The molecule has 4 nitrogen and oxygen atoms in total. The van der Waals surface area contributed by atoms with Crippen LogP contribution in [0, 0.1) is 0 Å². The van der Waals surface area contributed by atoms with E-state index < -0.39 is 9.84 Å². The van der Waals surface area contributed by atoms with E-state index in [2.05, 4.69) is 27.9 Å². The largest absolute Gasteiger partial charge is 0.352 e. The van der Waals surface area contributed by atoms with Gasteiger partial charge in [-0.15, -0.1) is 0 Å². The fraction of sp³-hybridized carbons (Fsp3) is 0.364. The summed E-state index contributed by atoms with van der Waals surface area (Å²) in [5.74, 6) is -0.171. The molecule has 0 bridgehead atoms. The summed E-state index contributed by atoms with van der Waals surface area (Å²) in [7, 11) is -3.20. The van der Waals surface area contributed by atoms with E-state index >= 15 is 0 Å². The number of hydrogen-bond acceptors (Lipinski definition) is 3. The third-order valence-electron chi connectivity index (χ3n) is 2.14. The Balaban J connectivity index is 2.71. The number of rotatable bonds is 5. The van der Waals surface area contributed by atoms with Crippen LogP contribution in [0.2, 0.25) is 0 Å². The van der Waals surface area contributed by atoms with Crippen LogP contribution in [-0.2, 0) is 9.84 Å². The number of nitrogens with one attached hydrogen (secondary N) is 1. The van der Waals surface area contributed by atoms with Gasteiger partial charge in [-0.1, -0.05) is 22.6 Å². The number of benzene rings is 1. The van der Waals surface area contributed by atoms with Gasteiger partial charge in [0.15, 0.2) is 9.84 Å². The van der Waals surface area contributed by atoms with E-state index in [1.807, 2.05) is 0 Å². The van der Waals surface area contributed by atoms with Gasteiger partial charge in [0.05, 0.1) is 4.90 Å². The zero-order valence-electron chi connectivity index (χ0n) is 9.44. The van der Waals surface area contributed by atoms with Crippen LogP contribution in [0.3, 0.4) is 0 Å². The topological polar surface area (TPSA) is 63.2 Å². The Kier molecular flexibility index (Phi) is 5.38. The highest BCUT2D eigenvalue weighted by molar-refractivity contribution is 14.1. The fourth-order valence-corrected chi connectivity index (χ4v) is 2.24. The quantitative estimate of drug-likeness (QED) is 0.489. The molecule has 0 saturated heterocycles. The van der Waals surface area contributed by atoms with E-state index in [0.717, 1.165) is 17.1 Å². The average molecular weight is 367 g/mol. The van der Waals surface area contributed by atoms with Gasteiger partial charge in [-0.05, 0) is 30.7 Å². The maximum atomic E-state index is 11.6. The molecule has 0 heterocycles. The Hall–Kier alpha value is -0.630. The van der Waals surface area contributed by atoms with Crippen LogP contribution in [-0.4, -0.2) is 31.6 Å². The van der Waals surface area contributed by atoms with Gasteiger partial charge < -0.3 is 5.32 Å². The molecular formula is C11H14INO3S. The van der Waals surface area contributed by atoms with Gasteiger partial charge in [-0.25, -0.2) is 8.42 Å². The molecule has 1 aromatic carbocycles. The maximum Gasteiger partial charge on any atom is 0.251 e. The monoisotopic (exact) mass is 367 g/mol. The van der Waals surface area contributed by atoms with Crippen molar-refractivity contribution in [2.75, 3.05) is 17.2 Å². The highest BCUT2D eigenvalue weighted by atomic mass is 127. The summed E-state index contributed by atoms with van der Waals surface area (Å²) in [5, 5.41) is 2.76. The van der Waals surface area contributed by atoms with Crippen LogP contribution in [0.4, 0.5) is 0 Å². The van der Waals surface area contributed by atoms with Crippen molar-refractivity contribution in [1.82, 2.24) is 5.32 Å². The maximum absolute atomic E-state index is 11.6. The van der Waals surface area contributed by atoms with Gasteiger partial charge in [-0.2, -0.15) is 0 Å². The van der Waals surface area contributed by atoms with Crippen molar-refractivity contribution in [1.29, 1.82) is 0 Å². The molecule has 0 aliphatic heterocycles. The van der Waals surface area contributed by atoms with Crippen LogP contribution in [0.1, 0.15) is 16.8 Å². The number of sulfone groups is 1.